The van der Waals surface area contributed by atoms with Crippen LogP contribution in [0.3, 0.4) is 0 Å². The van der Waals surface area contributed by atoms with Crippen molar-refractivity contribution in [1.29, 1.82) is 0 Å². The Balaban J connectivity index is 2.91. The molecule has 0 amide bonds. The summed E-state index contributed by atoms with van der Waals surface area (Å²) in [5.41, 5.74) is 0.589. The van der Waals surface area contributed by atoms with Crippen molar-refractivity contribution in [3.05, 3.63) is 17.5 Å². The van der Waals surface area contributed by atoms with Crippen LogP contribution in [0.5, 0.6) is 0 Å². The highest BCUT2D eigenvalue weighted by molar-refractivity contribution is 5.85. The molecule has 0 bridgehead atoms. The van der Waals surface area contributed by atoms with Crippen LogP contribution >= 0.6 is 0 Å². The van der Waals surface area contributed by atoms with Crippen molar-refractivity contribution in [2.45, 2.75) is 32.7 Å². The fourth-order valence-corrected chi connectivity index (χ4v) is 1.36. The molecule has 1 atom stereocenters. The summed E-state index contributed by atoms with van der Waals surface area (Å²) in [7, 11) is 0. The zero-order valence-corrected chi connectivity index (χ0v) is 9.90. The van der Waals surface area contributed by atoms with Crippen LogP contribution in [0.2, 0.25) is 0 Å². The molecule has 0 radical (unpaired) electrons. The minimum Gasteiger partial charge on any atom is -0.477 e. The first-order valence-corrected chi connectivity index (χ1v) is 5.35. The van der Waals surface area contributed by atoms with E-state index in [0.717, 1.165) is 6.42 Å². The first-order valence-electron chi connectivity index (χ1n) is 5.35. The van der Waals surface area contributed by atoms with Crippen LogP contribution in [0.15, 0.2) is 6.07 Å². The van der Waals surface area contributed by atoms with E-state index in [9.17, 15) is 4.79 Å². The zero-order chi connectivity index (χ0) is 12.8. The Morgan fingerprint density at radius 1 is 1.65 bits per heavy atom. The molecular weight excluding hydrogens is 218 g/mol. The van der Waals surface area contributed by atoms with Crippen LogP contribution in [0.4, 0.5) is 5.95 Å². The van der Waals surface area contributed by atoms with Crippen LogP contribution < -0.4 is 5.32 Å². The minimum absolute atomic E-state index is 0.0180. The van der Waals surface area contributed by atoms with Gasteiger partial charge < -0.3 is 10.4 Å². The van der Waals surface area contributed by atoms with Crippen molar-refractivity contribution in [3.8, 4) is 12.3 Å². The summed E-state index contributed by atoms with van der Waals surface area (Å²) >= 11 is 0. The van der Waals surface area contributed by atoms with Gasteiger partial charge in [-0.2, -0.15) is 0 Å². The Bertz CT molecular complexity index is 452. The number of nitrogens with one attached hydrogen (secondary N) is 1. The van der Waals surface area contributed by atoms with E-state index in [1.54, 1.807) is 6.92 Å². The molecule has 1 aromatic heterocycles. The SMILES string of the molecule is C#CCC(CC)Nc1nc(C)cc(C(=O)O)n1. The molecule has 2 N–H and O–H groups in total. The number of terminal acetylenes is 1. The second-order valence-corrected chi connectivity index (χ2v) is 3.68. The van der Waals surface area contributed by atoms with E-state index in [-0.39, 0.29) is 11.7 Å². The molecule has 5 heteroatoms. The lowest BCUT2D eigenvalue weighted by atomic mass is 10.1. The fraction of sp³-hybridized carbons (Fsp3) is 0.417. The summed E-state index contributed by atoms with van der Waals surface area (Å²) in [5.74, 6) is 1.80. The van der Waals surface area contributed by atoms with Gasteiger partial charge in [-0.1, -0.05) is 6.92 Å². The quantitative estimate of drug-likeness (QED) is 0.757. The molecule has 1 unspecified atom stereocenters. The van der Waals surface area contributed by atoms with E-state index in [0.29, 0.717) is 18.1 Å². The number of aromatic nitrogens is 2. The van der Waals surface area contributed by atoms with Gasteiger partial charge in [0.15, 0.2) is 5.69 Å². The standard InChI is InChI=1S/C12H15N3O2/c1-4-6-9(5-2)14-12-13-8(3)7-10(15-12)11(16)17/h1,7,9H,5-6H2,2-3H3,(H,16,17)(H,13,14,15). The topological polar surface area (TPSA) is 75.1 Å². The molecule has 1 rings (SSSR count). The Hall–Kier alpha value is -2.09. The van der Waals surface area contributed by atoms with Gasteiger partial charge in [0.2, 0.25) is 5.95 Å². The predicted octanol–water partition coefficient (Wildman–Crippen LogP) is 1.70. The zero-order valence-electron chi connectivity index (χ0n) is 9.90. The molecular formula is C12H15N3O2. The van der Waals surface area contributed by atoms with Crippen LogP contribution in [-0.2, 0) is 0 Å². The Kier molecular flexibility index (Phi) is 4.46. The van der Waals surface area contributed by atoms with Crippen molar-refractivity contribution < 1.29 is 9.90 Å². The van der Waals surface area contributed by atoms with Crippen molar-refractivity contribution in [1.82, 2.24) is 9.97 Å². The van der Waals surface area contributed by atoms with Gasteiger partial charge in [0.05, 0.1) is 0 Å². The summed E-state index contributed by atoms with van der Waals surface area (Å²) in [5, 5.41) is 11.9. The number of carbonyl (C=O) groups is 1. The molecule has 1 heterocycles. The van der Waals surface area contributed by atoms with E-state index >= 15 is 0 Å². The van der Waals surface area contributed by atoms with Gasteiger partial charge >= 0.3 is 5.97 Å². The molecule has 90 valence electrons. The number of rotatable bonds is 5. The molecule has 0 aliphatic rings. The van der Waals surface area contributed by atoms with Crippen molar-refractivity contribution in [2.24, 2.45) is 0 Å². The number of hydrogen-bond acceptors (Lipinski definition) is 4. The van der Waals surface area contributed by atoms with E-state index in [4.69, 9.17) is 11.5 Å². The average Bonchev–Trinajstić information content (AvgIpc) is 2.27. The maximum absolute atomic E-state index is 10.8. The molecule has 0 aliphatic heterocycles. The number of nitrogens with zero attached hydrogens (tertiary/aromatic N) is 2. The van der Waals surface area contributed by atoms with Crippen LogP contribution in [0, 0.1) is 19.3 Å². The highest BCUT2D eigenvalue weighted by Crippen LogP contribution is 2.09. The Labute approximate surface area is 100 Å². The molecule has 0 aromatic carbocycles. The molecule has 0 spiro atoms. The van der Waals surface area contributed by atoms with Crippen molar-refractivity contribution >= 4 is 11.9 Å². The Morgan fingerprint density at radius 3 is 2.88 bits per heavy atom. The van der Waals surface area contributed by atoms with Crippen LogP contribution in [0.1, 0.15) is 35.9 Å². The number of carboxylic acid groups (broad SMARTS) is 1. The third-order valence-corrected chi connectivity index (χ3v) is 2.26. The Morgan fingerprint density at radius 2 is 2.35 bits per heavy atom. The van der Waals surface area contributed by atoms with Crippen LogP contribution in [-0.4, -0.2) is 27.1 Å². The third kappa shape index (κ3) is 3.76. The van der Waals surface area contributed by atoms with Gasteiger partial charge in [-0.05, 0) is 19.4 Å². The summed E-state index contributed by atoms with van der Waals surface area (Å²) in [6.45, 7) is 3.71. The average molecular weight is 233 g/mol. The largest absolute Gasteiger partial charge is 0.477 e. The number of aryl methyl sites for hydroxylation is 1. The van der Waals surface area contributed by atoms with Gasteiger partial charge in [-0.3, -0.25) is 0 Å². The predicted molar refractivity (Wildman–Crippen MR) is 64.9 cm³/mol. The normalized spacial score (nSPS) is 11.6. The summed E-state index contributed by atoms with van der Waals surface area (Å²) in [4.78, 5) is 18.9. The summed E-state index contributed by atoms with van der Waals surface area (Å²) in [6, 6.07) is 1.48. The van der Waals surface area contributed by atoms with Crippen molar-refractivity contribution in [3.63, 3.8) is 0 Å². The second kappa shape index (κ2) is 5.85. The molecule has 0 saturated heterocycles. The van der Waals surface area contributed by atoms with Gasteiger partial charge in [-0.15, -0.1) is 12.3 Å². The highest BCUT2D eigenvalue weighted by atomic mass is 16.4. The number of aromatic carboxylic acids is 1. The summed E-state index contributed by atoms with van der Waals surface area (Å²) in [6.07, 6.45) is 6.62. The monoisotopic (exact) mass is 233 g/mol. The lowest BCUT2D eigenvalue weighted by molar-refractivity contribution is 0.0690. The van der Waals surface area contributed by atoms with Crippen molar-refractivity contribution in [2.75, 3.05) is 5.32 Å². The molecule has 5 nitrogen and oxygen atoms in total. The molecule has 0 saturated carbocycles. The third-order valence-electron chi connectivity index (χ3n) is 2.26. The van der Waals surface area contributed by atoms with E-state index in [1.165, 1.54) is 6.07 Å². The van der Waals surface area contributed by atoms with Gasteiger partial charge in [0.25, 0.3) is 0 Å². The smallest absolute Gasteiger partial charge is 0.354 e. The number of hydrogen-bond donors (Lipinski definition) is 2. The minimum atomic E-state index is -1.07. The van der Waals surface area contributed by atoms with Gasteiger partial charge in [-0.25, -0.2) is 14.8 Å². The maximum Gasteiger partial charge on any atom is 0.354 e. The number of carboxylic acids is 1. The van der Waals surface area contributed by atoms with Crippen LogP contribution in [0.25, 0.3) is 0 Å². The molecule has 17 heavy (non-hydrogen) atoms. The fourth-order valence-electron chi connectivity index (χ4n) is 1.36. The summed E-state index contributed by atoms with van der Waals surface area (Å²) < 4.78 is 0. The highest BCUT2D eigenvalue weighted by Gasteiger charge is 2.11. The first-order chi connectivity index (χ1) is 8.06. The van der Waals surface area contributed by atoms with Gasteiger partial charge in [0, 0.05) is 18.2 Å². The molecule has 0 aliphatic carbocycles. The second-order valence-electron chi connectivity index (χ2n) is 3.68. The lowest BCUT2D eigenvalue weighted by Gasteiger charge is -2.14. The van der Waals surface area contributed by atoms with Gasteiger partial charge in [0.1, 0.15) is 0 Å². The molecule has 1 aromatic rings. The van der Waals surface area contributed by atoms with E-state index < -0.39 is 5.97 Å². The number of anilines is 1. The lowest BCUT2D eigenvalue weighted by Crippen LogP contribution is -2.20. The molecule has 0 fully saturated rings. The maximum atomic E-state index is 10.8. The van der Waals surface area contributed by atoms with E-state index in [1.807, 2.05) is 6.92 Å². The first kappa shape index (κ1) is 13.0. The van der Waals surface area contributed by atoms with E-state index in [2.05, 4.69) is 21.2 Å².